The van der Waals surface area contributed by atoms with E-state index in [2.05, 4.69) is 16.0 Å². The number of likely N-dealkylation sites (N-methyl/N-ethyl adjacent to an activating group) is 1. The van der Waals surface area contributed by atoms with Gasteiger partial charge in [-0.25, -0.2) is 4.79 Å². The summed E-state index contributed by atoms with van der Waals surface area (Å²) in [6, 6.07) is 21.7. The maximum absolute atomic E-state index is 13.8. The van der Waals surface area contributed by atoms with E-state index in [0.717, 1.165) is 29.8 Å². The second kappa shape index (κ2) is 16.2. The molecule has 0 aliphatic carbocycles. The summed E-state index contributed by atoms with van der Waals surface area (Å²) in [4.78, 5) is 43.3. The lowest BCUT2D eigenvalue weighted by Gasteiger charge is -2.38. The van der Waals surface area contributed by atoms with E-state index < -0.39 is 29.9 Å². The first kappa shape index (κ1) is 37.7. The fourth-order valence-electron chi connectivity index (χ4n) is 5.84. The maximum Gasteiger partial charge on any atom is 0.416 e. The molecule has 0 bridgehead atoms. The van der Waals surface area contributed by atoms with Crippen LogP contribution in [0.4, 0.5) is 40.7 Å². The SMILES string of the molecule is C[C@H](CO)N1C[C@H](C)[C@@H](CN(C)Cc2ccc(C(=O)Nc3ccccc3N)cc2)Oc2c(NC(=O)Nc3ccc(C(F)(F)F)cc3)cccc2C1=O. The normalized spacial score (nSPS) is 16.6. The molecule has 14 heteroatoms. The number of carbonyl (C=O) groups is 3. The molecule has 4 aromatic carbocycles. The Morgan fingerprint density at radius 2 is 1.63 bits per heavy atom. The molecule has 0 fully saturated rings. The highest BCUT2D eigenvalue weighted by Crippen LogP contribution is 2.35. The third kappa shape index (κ3) is 9.19. The summed E-state index contributed by atoms with van der Waals surface area (Å²) >= 11 is 0. The summed E-state index contributed by atoms with van der Waals surface area (Å²) in [6.07, 6.45) is -5.01. The lowest BCUT2D eigenvalue weighted by atomic mass is 9.98. The second-order valence-electron chi connectivity index (χ2n) is 12.9. The molecule has 0 saturated carbocycles. The van der Waals surface area contributed by atoms with Crippen molar-refractivity contribution in [3.05, 3.63) is 113 Å². The minimum absolute atomic E-state index is 0.129. The van der Waals surface area contributed by atoms with Crippen LogP contribution in [0.5, 0.6) is 5.75 Å². The number of aliphatic hydroxyl groups is 1. The molecular weight excluding hydrogens is 677 g/mol. The highest BCUT2D eigenvalue weighted by molar-refractivity contribution is 6.06. The highest BCUT2D eigenvalue weighted by Gasteiger charge is 2.35. The molecule has 0 unspecified atom stereocenters. The van der Waals surface area contributed by atoms with Gasteiger partial charge in [0.15, 0.2) is 5.75 Å². The number of amides is 4. The molecule has 4 amide bonds. The van der Waals surface area contributed by atoms with Crippen molar-refractivity contribution in [3.8, 4) is 5.75 Å². The number of aliphatic hydroxyl groups excluding tert-OH is 1. The number of hydrogen-bond acceptors (Lipinski definition) is 7. The molecule has 11 nitrogen and oxygen atoms in total. The van der Waals surface area contributed by atoms with E-state index in [-0.39, 0.29) is 47.0 Å². The predicted molar refractivity (Wildman–Crippen MR) is 193 cm³/mol. The molecule has 1 heterocycles. The van der Waals surface area contributed by atoms with E-state index in [1.165, 1.54) is 0 Å². The fourth-order valence-corrected chi connectivity index (χ4v) is 5.84. The summed E-state index contributed by atoms with van der Waals surface area (Å²) in [6.45, 7) is 4.61. The summed E-state index contributed by atoms with van der Waals surface area (Å²) < 4.78 is 45.6. The van der Waals surface area contributed by atoms with Gasteiger partial charge in [-0.05, 0) is 80.2 Å². The van der Waals surface area contributed by atoms with Gasteiger partial charge in [0.05, 0.1) is 40.8 Å². The van der Waals surface area contributed by atoms with Gasteiger partial charge >= 0.3 is 12.2 Å². The topological polar surface area (TPSA) is 149 Å². The molecule has 3 atom stereocenters. The summed E-state index contributed by atoms with van der Waals surface area (Å²) in [7, 11) is 1.91. The second-order valence-corrected chi connectivity index (χ2v) is 12.9. The highest BCUT2D eigenvalue weighted by atomic mass is 19.4. The number of benzene rings is 4. The Kier molecular flexibility index (Phi) is 11.7. The molecule has 0 saturated heterocycles. The van der Waals surface area contributed by atoms with Gasteiger partial charge in [-0.3, -0.25) is 14.5 Å². The van der Waals surface area contributed by atoms with Crippen LogP contribution in [0.25, 0.3) is 0 Å². The van der Waals surface area contributed by atoms with E-state index >= 15 is 0 Å². The minimum Gasteiger partial charge on any atom is -0.486 e. The van der Waals surface area contributed by atoms with E-state index in [9.17, 15) is 32.7 Å². The zero-order chi connectivity index (χ0) is 37.6. The van der Waals surface area contributed by atoms with Crippen LogP contribution in [0.15, 0.2) is 91.0 Å². The Balaban J connectivity index is 1.32. The van der Waals surface area contributed by atoms with Gasteiger partial charge in [-0.1, -0.05) is 37.3 Å². The molecule has 6 N–H and O–H groups in total. The molecule has 0 radical (unpaired) electrons. The van der Waals surface area contributed by atoms with Gasteiger partial charge in [0.25, 0.3) is 11.8 Å². The number of hydrogen-bond donors (Lipinski definition) is 5. The molecule has 0 spiro atoms. The van der Waals surface area contributed by atoms with Crippen LogP contribution in [-0.4, -0.2) is 71.6 Å². The molecule has 1 aliphatic heterocycles. The van der Waals surface area contributed by atoms with Crippen molar-refractivity contribution in [2.24, 2.45) is 5.92 Å². The van der Waals surface area contributed by atoms with Crippen LogP contribution >= 0.6 is 0 Å². The van der Waals surface area contributed by atoms with Gasteiger partial charge < -0.3 is 36.4 Å². The summed E-state index contributed by atoms with van der Waals surface area (Å²) in [5, 5.41) is 18.0. The first-order chi connectivity index (χ1) is 24.7. The number of rotatable bonds is 10. The number of anilines is 4. The van der Waals surface area contributed by atoms with Crippen LogP contribution in [0.3, 0.4) is 0 Å². The number of nitrogen functional groups attached to an aromatic ring is 1. The van der Waals surface area contributed by atoms with Crippen LogP contribution < -0.4 is 26.4 Å². The summed E-state index contributed by atoms with van der Waals surface area (Å²) in [5.74, 6) is -0.772. The lowest BCUT2D eigenvalue weighted by Crippen LogP contribution is -2.49. The fraction of sp³-hybridized carbons (Fsp3) is 0.289. The van der Waals surface area contributed by atoms with E-state index in [1.807, 2.05) is 31.0 Å². The molecule has 274 valence electrons. The number of nitrogens with two attached hydrogens (primary N) is 1. The number of nitrogens with one attached hydrogen (secondary N) is 3. The predicted octanol–water partition coefficient (Wildman–Crippen LogP) is 6.54. The Morgan fingerprint density at radius 1 is 0.962 bits per heavy atom. The monoisotopic (exact) mass is 718 g/mol. The van der Waals surface area contributed by atoms with Gasteiger partial charge in [0, 0.05) is 36.8 Å². The first-order valence-electron chi connectivity index (χ1n) is 16.6. The smallest absolute Gasteiger partial charge is 0.416 e. The zero-order valence-corrected chi connectivity index (χ0v) is 28.9. The summed E-state index contributed by atoms with van der Waals surface area (Å²) in [5.41, 5.74) is 7.99. The molecular formula is C38H41F3N6O5. The quantitative estimate of drug-likeness (QED) is 0.117. The largest absolute Gasteiger partial charge is 0.486 e. The number of alkyl halides is 3. The Labute approximate surface area is 299 Å². The van der Waals surface area contributed by atoms with Crippen molar-refractivity contribution in [2.75, 3.05) is 48.4 Å². The minimum atomic E-state index is -4.52. The average molecular weight is 719 g/mol. The number of fused-ring (bicyclic) bond motifs is 1. The van der Waals surface area contributed by atoms with E-state index in [4.69, 9.17) is 10.5 Å². The van der Waals surface area contributed by atoms with Crippen molar-refractivity contribution in [3.63, 3.8) is 0 Å². The van der Waals surface area contributed by atoms with Gasteiger partial charge in [0.1, 0.15) is 6.10 Å². The zero-order valence-electron chi connectivity index (χ0n) is 28.9. The van der Waals surface area contributed by atoms with Crippen molar-refractivity contribution in [2.45, 2.75) is 38.7 Å². The van der Waals surface area contributed by atoms with Crippen molar-refractivity contribution < 1.29 is 37.4 Å². The Hall–Kier alpha value is -5.60. The number of para-hydroxylation sites is 3. The number of carbonyl (C=O) groups excluding carboxylic acids is 3. The third-order valence-electron chi connectivity index (χ3n) is 8.78. The Morgan fingerprint density at radius 3 is 2.29 bits per heavy atom. The standard InChI is InChI=1S/C38H41F3N6O5/c1-23-19-47(24(2)22-48)36(50)29-7-6-10-32(45-37(51)43-28-17-15-27(16-18-28)38(39,40)41)34(29)52-33(23)21-46(3)20-25-11-13-26(14-12-25)35(49)44-31-9-5-4-8-30(31)42/h4-18,23-24,33,48H,19-22,42H2,1-3H3,(H,44,49)(H2,43,45,51)/t23-,24+,33+/m0/s1. The number of ether oxygens (including phenoxy) is 1. The van der Waals surface area contributed by atoms with Gasteiger partial charge in [0.2, 0.25) is 0 Å². The molecule has 1 aliphatic rings. The van der Waals surface area contributed by atoms with Crippen LogP contribution in [0, 0.1) is 5.92 Å². The molecule has 5 rings (SSSR count). The Bertz CT molecular complexity index is 1890. The van der Waals surface area contributed by atoms with Gasteiger partial charge in [-0.15, -0.1) is 0 Å². The average Bonchev–Trinajstić information content (AvgIpc) is 3.10. The van der Waals surface area contributed by atoms with E-state index in [1.54, 1.807) is 66.4 Å². The van der Waals surface area contributed by atoms with Crippen LogP contribution in [-0.2, 0) is 12.7 Å². The van der Waals surface area contributed by atoms with Crippen LogP contribution in [0.2, 0.25) is 0 Å². The first-order valence-corrected chi connectivity index (χ1v) is 16.6. The maximum atomic E-state index is 13.8. The molecule has 0 aromatic heterocycles. The molecule has 52 heavy (non-hydrogen) atoms. The van der Waals surface area contributed by atoms with E-state index in [0.29, 0.717) is 36.6 Å². The number of urea groups is 1. The molecule has 4 aromatic rings. The third-order valence-corrected chi connectivity index (χ3v) is 8.78. The van der Waals surface area contributed by atoms with Crippen molar-refractivity contribution >= 4 is 40.6 Å². The van der Waals surface area contributed by atoms with Crippen molar-refractivity contribution in [1.29, 1.82) is 0 Å². The van der Waals surface area contributed by atoms with Crippen LogP contribution in [0.1, 0.15) is 45.7 Å². The van der Waals surface area contributed by atoms with Crippen molar-refractivity contribution in [1.82, 2.24) is 9.80 Å². The number of nitrogens with zero attached hydrogens (tertiary/aromatic N) is 2. The number of halogens is 3. The lowest BCUT2D eigenvalue weighted by molar-refractivity contribution is -0.137. The van der Waals surface area contributed by atoms with Gasteiger partial charge in [-0.2, -0.15) is 13.2 Å².